The number of carbonyl (C=O) groups excluding carboxylic acids is 1. The Balaban J connectivity index is 1.97. The van der Waals surface area contributed by atoms with E-state index in [1.165, 1.54) is 0 Å². The van der Waals surface area contributed by atoms with Crippen LogP contribution in [0.1, 0.15) is 32.4 Å². The van der Waals surface area contributed by atoms with Gasteiger partial charge in [0.25, 0.3) is 14.2 Å². The van der Waals surface area contributed by atoms with Crippen LogP contribution in [-0.2, 0) is 4.79 Å². The summed E-state index contributed by atoms with van der Waals surface area (Å²) in [6.07, 6.45) is 0. The van der Waals surface area contributed by atoms with E-state index in [1.807, 2.05) is 42.5 Å². The topological polar surface area (TPSA) is 48.0 Å². The third-order valence-electron chi connectivity index (χ3n) is 6.11. The van der Waals surface area contributed by atoms with E-state index in [4.69, 9.17) is 13.9 Å². The van der Waals surface area contributed by atoms with E-state index in [0.717, 1.165) is 17.0 Å². The molecule has 0 bridgehead atoms. The van der Waals surface area contributed by atoms with E-state index in [9.17, 15) is 4.79 Å². The van der Waals surface area contributed by atoms with Gasteiger partial charge in [0.2, 0.25) is 0 Å². The fraction of sp³-hybridized carbons (Fsp3) is 0.375. The summed E-state index contributed by atoms with van der Waals surface area (Å²) in [5.74, 6) is 2.07. The number of methoxy groups -OCH3 is 2. The van der Waals surface area contributed by atoms with Crippen molar-refractivity contribution in [2.24, 2.45) is 0 Å². The lowest BCUT2D eigenvalue weighted by atomic mass is 9.88. The highest BCUT2D eigenvalue weighted by Crippen LogP contribution is 2.46. The predicted octanol–water partition coefficient (Wildman–Crippen LogP) is 5.73. The minimum Gasteiger partial charge on any atom is -0.541 e. The van der Waals surface area contributed by atoms with Crippen LogP contribution < -0.4 is 18.8 Å². The summed E-state index contributed by atoms with van der Waals surface area (Å²) < 4.78 is 17.3. The van der Waals surface area contributed by atoms with Crippen LogP contribution in [0.25, 0.3) is 0 Å². The van der Waals surface area contributed by atoms with Crippen molar-refractivity contribution in [3.05, 3.63) is 60.2 Å². The second kappa shape index (κ2) is 7.83. The van der Waals surface area contributed by atoms with Crippen LogP contribution in [0.5, 0.6) is 17.2 Å². The number of hydrogen-bond donors (Lipinski definition) is 0. The third-order valence-corrected chi connectivity index (χ3v) is 10.4. The first-order valence-electron chi connectivity index (χ1n) is 10.0. The third kappa shape index (κ3) is 3.84. The van der Waals surface area contributed by atoms with Crippen molar-refractivity contribution < 1.29 is 18.7 Å². The highest BCUT2D eigenvalue weighted by molar-refractivity contribution is 6.74. The molecule has 160 valence electrons. The van der Waals surface area contributed by atoms with Crippen molar-refractivity contribution in [1.29, 1.82) is 0 Å². The Kier molecular flexibility index (Phi) is 5.74. The lowest BCUT2D eigenvalue weighted by Gasteiger charge is -2.43. The van der Waals surface area contributed by atoms with Crippen molar-refractivity contribution in [3.8, 4) is 17.2 Å². The first-order chi connectivity index (χ1) is 14.0. The molecule has 1 amide bonds. The van der Waals surface area contributed by atoms with E-state index in [1.54, 1.807) is 19.1 Å². The Bertz CT molecular complexity index is 960. The molecule has 1 atom stereocenters. The summed E-state index contributed by atoms with van der Waals surface area (Å²) in [7, 11) is 1.20. The van der Waals surface area contributed by atoms with Gasteiger partial charge >= 0.3 is 0 Å². The van der Waals surface area contributed by atoms with Gasteiger partial charge in [-0.05, 0) is 60.1 Å². The SMILES string of the molecule is C=C1C(=O)N(c2ccc(OC)cc2)C1c1ccc(OC)c(O[Si](C)(C)C(C)(C)C)c1. The molecule has 0 aromatic heterocycles. The molecule has 30 heavy (non-hydrogen) atoms. The second-order valence-electron chi connectivity index (χ2n) is 9.07. The molecular formula is C24H31NO4Si. The fourth-order valence-corrected chi connectivity index (χ4v) is 4.22. The predicted molar refractivity (Wildman–Crippen MR) is 123 cm³/mol. The Hall–Kier alpha value is -2.73. The lowest BCUT2D eigenvalue weighted by molar-refractivity contribution is -0.118. The maximum absolute atomic E-state index is 12.6. The van der Waals surface area contributed by atoms with Crippen molar-refractivity contribution in [3.63, 3.8) is 0 Å². The first-order valence-corrected chi connectivity index (χ1v) is 12.9. The van der Waals surface area contributed by atoms with Gasteiger partial charge in [-0.25, -0.2) is 0 Å². The van der Waals surface area contributed by atoms with Crippen LogP contribution in [0.15, 0.2) is 54.6 Å². The van der Waals surface area contributed by atoms with E-state index < -0.39 is 8.32 Å². The minimum absolute atomic E-state index is 0.0547. The summed E-state index contributed by atoms with van der Waals surface area (Å²) in [5.41, 5.74) is 2.32. The number of carbonyl (C=O) groups is 1. The summed E-state index contributed by atoms with van der Waals surface area (Å²) >= 11 is 0. The van der Waals surface area contributed by atoms with Crippen LogP contribution in [0.2, 0.25) is 18.1 Å². The average molecular weight is 426 g/mol. The minimum atomic E-state index is -2.06. The lowest BCUT2D eigenvalue weighted by Crippen LogP contribution is -2.49. The number of rotatable bonds is 6. The van der Waals surface area contributed by atoms with Gasteiger partial charge < -0.3 is 13.9 Å². The molecule has 1 fully saturated rings. The van der Waals surface area contributed by atoms with E-state index >= 15 is 0 Å². The summed E-state index contributed by atoms with van der Waals surface area (Å²) in [6, 6.07) is 13.1. The van der Waals surface area contributed by atoms with Gasteiger partial charge in [-0.3, -0.25) is 9.69 Å². The molecule has 0 radical (unpaired) electrons. The number of benzene rings is 2. The van der Waals surface area contributed by atoms with E-state index in [-0.39, 0.29) is 17.0 Å². The molecule has 0 aliphatic carbocycles. The number of amides is 1. The molecule has 1 aliphatic heterocycles. The zero-order chi connectivity index (χ0) is 22.3. The van der Waals surface area contributed by atoms with Crippen molar-refractivity contribution >= 4 is 19.9 Å². The number of nitrogens with zero attached hydrogens (tertiary/aromatic N) is 1. The molecule has 0 spiro atoms. The number of anilines is 1. The van der Waals surface area contributed by atoms with Crippen LogP contribution in [0, 0.1) is 0 Å². The number of hydrogen-bond acceptors (Lipinski definition) is 4. The van der Waals surface area contributed by atoms with E-state index in [2.05, 4.69) is 40.4 Å². The highest BCUT2D eigenvalue weighted by atomic mass is 28.4. The zero-order valence-corrected chi connectivity index (χ0v) is 19.9. The molecular weight excluding hydrogens is 394 g/mol. The quantitative estimate of drug-likeness (QED) is 0.337. The molecule has 3 rings (SSSR count). The number of ether oxygens (including phenoxy) is 2. The average Bonchev–Trinajstić information content (AvgIpc) is 2.70. The van der Waals surface area contributed by atoms with Crippen molar-refractivity contribution in [2.45, 2.75) is 44.9 Å². The maximum atomic E-state index is 12.6. The molecule has 2 aromatic rings. The standard InChI is InChI=1S/C24H31NO4Si/c1-16-22(25(23(16)26)18-10-12-19(27-5)13-11-18)17-9-14-20(28-6)21(15-17)29-30(7,8)24(2,3)4/h9-15,22H,1H2,2-8H3. The Morgan fingerprint density at radius 2 is 1.60 bits per heavy atom. The molecule has 1 unspecified atom stereocenters. The smallest absolute Gasteiger partial charge is 0.256 e. The molecule has 0 saturated carbocycles. The summed E-state index contributed by atoms with van der Waals surface area (Å²) in [4.78, 5) is 14.4. The Morgan fingerprint density at radius 1 is 0.967 bits per heavy atom. The second-order valence-corrected chi connectivity index (χ2v) is 13.8. The first kappa shape index (κ1) is 22.0. The zero-order valence-electron chi connectivity index (χ0n) is 18.9. The summed E-state index contributed by atoms with van der Waals surface area (Å²) in [5, 5.41) is 0.0547. The molecule has 2 aromatic carbocycles. The monoisotopic (exact) mass is 425 g/mol. The Morgan fingerprint density at radius 3 is 2.13 bits per heavy atom. The molecule has 6 heteroatoms. The van der Waals surface area contributed by atoms with Gasteiger partial charge in [0.1, 0.15) is 11.5 Å². The van der Waals surface area contributed by atoms with Gasteiger partial charge in [-0.2, -0.15) is 0 Å². The Labute approximate surface area is 180 Å². The van der Waals surface area contributed by atoms with Crippen LogP contribution in [0.4, 0.5) is 5.69 Å². The molecule has 5 nitrogen and oxygen atoms in total. The van der Waals surface area contributed by atoms with Crippen LogP contribution in [-0.4, -0.2) is 28.4 Å². The summed E-state index contributed by atoms with van der Waals surface area (Å²) in [6.45, 7) is 15.0. The van der Waals surface area contributed by atoms with Gasteiger partial charge in [-0.1, -0.05) is 33.4 Å². The molecule has 1 heterocycles. The highest BCUT2D eigenvalue weighted by Gasteiger charge is 2.44. The maximum Gasteiger partial charge on any atom is 0.256 e. The molecule has 0 N–H and O–H groups in total. The molecule has 1 aliphatic rings. The number of β-lactam (4-membered cyclic amide) rings is 1. The fourth-order valence-electron chi connectivity index (χ4n) is 3.21. The van der Waals surface area contributed by atoms with E-state index in [0.29, 0.717) is 17.1 Å². The van der Waals surface area contributed by atoms with Crippen molar-refractivity contribution in [2.75, 3.05) is 19.1 Å². The van der Waals surface area contributed by atoms with Gasteiger partial charge in [0.15, 0.2) is 5.75 Å². The van der Waals surface area contributed by atoms with Crippen molar-refractivity contribution in [1.82, 2.24) is 0 Å². The van der Waals surface area contributed by atoms with Gasteiger partial charge in [0.05, 0.1) is 20.3 Å². The molecule has 1 saturated heterocycles. The van der Waals surface area contributed by atoms with Gasteiger partial charge in [0, 0.05) is 11.3 Å². The van der Waals surface area contributed by atoms with Crippen LogP contribution in [0.3, 0.4) is 0 Å². The normalized spacial score (nSPS) is 16.9. The largest absolute Gasteiger partial charge is 0.541 e. The van der Waals surface area contributed by atoms with Gasteiger partial charge in [-0.15, -0.1) is 0 Å². The van der Waals surface area contributed by atoms with Crippen LogP contribution >= 0.6 is 0 Å².